The van der Waals surface area contributed by atoms with Crippen LogP contribution >= 0.6 is 0 Å². The largest absolute Gasteiger partial charge is 0.377 e. The van der Waals surface area contributed by atoms with Gasteiger partial charge in [-0.2, -0.15) is 4.98 Å². The van der Waals surface area contributed by atoms with Gasteiger partial charge in [0.05, 0.1) is 25.5 Å². The van der Waals surface area contributed by atoms with Gasteiger partial charge in [-0.15, -0.1) is 0 Å². The number of nitrogens with zero attached hydrogens (tertiary/aromatic N) is 3. The number of hydrogen-bond acceptors (Lipinski definition) is 5. The maximum absolute atomic E-state index is 13.8. The summed E-state index contributed by atoms with van der Waals surface area (Å²) in [5.74, 6) is 0.456. The minimum atomic E-state index is -0.384. The minimum absolute atomic E-state index is 0.127. The fourth-order valence-corrected chi connectivity index (χ4v) is 1.92. The summed E-state index contributed by atoms with van der Waals surface area (Å²) in [7, 11) is 0. The van der Waals surface area contributed by atoms with E-state index in [1.165, 1.54) is 6.20 Å². The third kappa shape index (κ3) is 2.87. The molecule has 0 aromatic carbocycles. The molecule has 2 heterocycles. The molecule has 1 N–H and O–H groups in total. The van der Waals surface area contributed by atoms with E-state index >= 15 is 0 Å². The Kier molecular flexibility index (Phi) is 4.30. The van der Waals surface area contributed by atoms with Crippen molar-refractivity contribution in [1.82, 2.24) is 9.97 Å². The van der Waals surface area contributed by atoms with Crippen LogP contribution in [0.3, 0.4) is 0 Å². The Hall–Kier alpha value is -1.43. The van der Waals surface area contributed by atoms with Crippen molar-refractivity contribution in [2.75, 3.05) is 36.5 Å². The van der Waals surface area contributed by atoms with Crippen LogP contribution in [0.25, 0.3) is 0 Å². The molecular weight excluding hydrogens is 235 g/mol. The molecule has 1 fully saturated rings. The summed E-state index contributed by atoms with van der Waals surface area (Å²) < 4.78 is 19.2. The Bertz CT molecular complexity index is 402. The Balaban J connectivity index is 2.19. The van der Waals surface area contributed by atoms with Crippen LogP contribution in [-0.2, 0) is 4.74 Å². The maximum Gasteiger partial charge on any atom is 0.224 e. The minimum Gasteiger partial charge on any atom is -0.377 e. The first-order chi connectivity index (χ1) is 8.72. The van der Waals surface area contributed by atoms with Crippen molar-refractivity contribution < 1.29 is 9.13 Å². The summed E-state index contributed by atoms with van der Waals surface area (Å²) in [5, 5.41) is 3.07. The molecule has 0 aliphatic carbocycles. The van der Waals surface area contributed by atoms with Gasteiger partial charge < -0.3 is 15.0 Å². The molecule has 1 aromatic heterocycles. The molecule has 1 aliphatic heterocycles. The number of ether oxygens (including phenoxy) is 1. The van der Waals surface area contributed by atoms with E-state index < -0.39 is 0 Å². The van der Waals surface area contributed by atoms with Crippen LogP contribution in [0, 0.1) is 5.82 Å². The van der Waals surface area contributed by atoms with Crippen LogP contribution in [0.15, 0.2) is 6.20 Å². The highest BCUT2D eigenvalue weighted by Crippen LogP contribution is 2.21. The van der Waals surface area contributed by atoms with E-state index in [1.807, 2.05) is 11.8 Å². The molecule has 100 valence electrons. The van der Waals surface area contributed by atoms with Crippen LogP contribution in [0.2, 0.25) is 0 Å². The van der Waals surface area contributed by atoms with Gasteiger partial charge in [-0.1, -0.05) is 6.92 Å². The Morgan fingerprint density at radius 3 is 3.17 bits per heavy atom. The van der Waals surface area contributed by atoms with Gasteiger partial charge in [-0.3, -0.25) is 0 Å². The lowest BCUT2D eigenvalue weighted by molar-refractivity contribution is 0.0981. The molecule has 1 saturated heterocycles. The molecule has 0 radical (unpaired) electrons. The Morgan fingerprint density at radius 1 is 1.61 bits per heavy atom. The first-order valence-electron chi connectivity index (χ1n) is 6.33. The Labute approximate surface area is 106 Å². The molecule has 0 saturated carbocycles. The molecule has 0 amide bonds. The molecule has 1 atom stereocenters. The fraction of sp³-hybridized carbons (Fsp3) is 0.667. The molecule has 1 aliphatic rings. The van der Waals surface area contributed by atoms with Crippen molar-refractivity contribution in [2.24, 2.45) is 0 Å². The average Bonchev–Trinajstić information content (AvgIpc) is 2.39. The van der Waals surface area contributed by atoms with Crippen molar-refractivity contribution >= 4 is 11.8 Å². The van der Waals surface area contributed by atoms with Gasteiger partial charge in [-0.25, -0.2) is 9.37 Å². The predicted molar refractivity (Wildman–Crippen MR) is 68.4 cm³/mol. The number of halogens is 1. The van der Waals surface area contributed by atoms with E-state index in [1.54, 1.807) is 0 Å². The normalized spacial score (nSPS) is 19.9. The zero-order valence-electron chi connectivity index (χ0n) is 10.8. The number of aromatic nitrogens is 2. The summed E-state index contributed by atoms with van der Waals surface area (Å²) in [6, 6.07) is 0.127. The van der Waals surface area contributed by atoms with E-state index in [9.17, 15) is 4.39 Å². The van der Waals surface area contributed by atoms with Crippen molar-refractivity contribution in [1.29, 1.82) is 0 Å². The number of hydrogen-bond donors (Lipinski definition) is 1. The van der Waals surface area contributed by atoms with E-state index in [0.717, 1.165) is 13.0 Å². The lowest BCUT2D eigenvalue weighted by atomic mass is 10.2. The van der Waals surface area contributed by atoms with Crippen LogP contribution in [0.1, 0.15) is 20.3 Å². The topological polar surface area (TPSA) is 50.3 Å². The van der Waals surface area contributed by atoms with E-state index in [4.69, 9.17) is 4.74 Å². The molecule has 6 heteroatoms. The third-order valence-electron chi connectivity index (χ3n) is 2.90. The maximum atomic E-state index is 13.8. The van der Waals surface area contributed by atoms with Gasteiger partial charge in [0.25, 0.3) is 0 Å². The highest BCUT2D eigenvalue weighted by molar-refractivity contribution is 5.45. The SMILES string of the molecule is CCCNc1ncc(F)c(N2CCOCC2C)n1. The van der Waals surface area contributed by atoms with Gasteiger partial charge >= 0.3 is 0 Å². The number of anilines is 2. The molecule has 0 bridgehead atoms. The second-order valence-electron chi connectivity index (χ2n) is 4.41. The first-order valence-corrected chi connectivity index (χ1v) is 6.33. The molecule has 0 spiro atoms. The van der Waals surface area contributed by atoms with Gasteiger partial charge in [0.1, 0.15) is 0 Å². The molecule has 18 heavy (non-hydrogen) atoms. The standard InChI is InChI=1S/C12H19FN4O/c1-3-4-14-12-15-7-10(13)11(16-12)17-5-6-18-8-9(17)2/h7,9H,3-6,8H2,1-2H3,(H,14,15,16). The van der Waals surface area contributed by atoms with E-state index in [2.05, 4.69) is 22.2 Å². The Morgan fingerprint density at radius 2 is 2.44 bits per heavy atom. The highest BCUT2D eigenvalue weighted by Gasteiger charge is 2.23. The highest BCUT2D eigenvalue weighted by atomic mass is 19.1. The average molecular weight is 254 g/mol. The third-order valence-corrected chi connectivity index (χ3v) is 2.90. The smallest absolute Gasteiger partial charge is 0.224 e. The monoisotopic (exact) mass is 254 g/mol. The number of rotatable bonds is 4. The quantitative estimate of drug-likeness (QED) is 0.885. The fourth-order valence-electron chi connectivity index (χ4n) is 1.92. The summed E-state index contributed by atoms with van der Waals surface area (Å²) in [5.41, 5.74) is 0. The summed E-state index contributed by atoms with van der Waals surface area (Å²) in [4.78, 5) is 10.1. The van der Waals surface area contributed by atoms with Crippen molar-refractivity contribution in [3.63, 3.8) is 0 Å². The second-order valence-corrected chi connectivity index (χ2v) is 4.41. The molecule has 2 rings (SSSR count). The lowest BCUT2D eigenvalue weighted by Gasteiger charge is -2.34. The van der Waals surface area contributed by atoms with Crippen LogP contribution in [0.5, 0.6) is 0 Å². The summed E-state index contributed by atoms with van der Waals surface area (Å²) >= 11 is 0. The first kappa shape index (κ1) is 13.0. The summed E-state index contributed by atoms with van der Waals surface area (Å²) in [6.07, 6.45) is 2.20. The van der Waals surface area contributed by atoms with Crippen LogP contribution < -0.4 is 10.2 Å². The zero-order chi connectivity index (χ0) is 13.0. The van der Waals surface area contributed by atoms with Crippen LogP contribution in [-0.4, -0.2) is 42.3 Å². The second kappa shape index (κ2) is 5.95. The van der Waals surface area contributed by atoms with Gasteiger partial charge in [0, 0.05) is 13.1 Å². The summed E-state index contributed by atoms with van der Waals surface area (Å²) in [6.45, 7) is 6.69. The number of morpholine rings is 1. The van der Waals surface area contributed by atoms with Gasteiger partial charge in [-0.05, 0) is 13.3 Å². The van der Waals surface area contributed by atoms with Crippen molar-refractivity contribution in [3.05, 3.63) is 12.0 Å². The lowest BCUT2D eigenvalue weighted by Crippen LogP contribution is -2.44. The molecular formula is C12H19FN4O. The van der Waals surface area contributed by atoms with Crippen LogP contribution in [0.4, 0.5) is 16.2 Å². The van der Waals surface area contributed by atoms with Gasteiger partial charge in [0.15, 0.2) is 11.6 Å². The van der Waals surface area contributed by atoms with E-state index in [0.29, 0.717) is 31.5 Å². The van der Waals surface area contributed by atoms with E-state index in [-0.39, 0.29) is 11.9 Å². The molecule has 1 aromatic rings. The van der Waals surface area contributed by atoms with Gasteiger partial charge in [0.2, 0.25) is 5.95 Å². The van der Waals surface area contributed by atoms with Crippen molar-refractivity contribution in [3.8, 4) is 0 Å². The zero-order valence-corrected chi connectivity index (χ0v) is 10.8. The predicted octanol–water partition coefficient (Wildman–Crippen LogP) is 1.66. The molecule has 5 nitrogen and oxygen atoms in total. The number of nitrogens with one attached hydrogen (secondary N) is 1. The van der Waals surface area contributed by atoms with Crippen molar-refractivity contribution in [2.45, 2.75) is 26.3 Å². The molecule has 1 unspecified atom stereocenters.